The molecular formula is C12H16N2O. The third-order valence-electron chi connectivity index (χ3n) is 2.98. The van der Waals surface area contributed by atoms with Crippen molar-refractivity contribution in [2.45, 2.75) is 19.4 Å². The quantitative estimate of drug-likeness (QED) is 0.703. The van der Waals surface area contributed by atoms with Gasteiger partial charge in [-0.05, 0) is 33.0 Å². The average Bonchev–Trinajstić information content (AvgIpc) is 2.63. The van der Waals surface area contributed by atoms with Crippen molar-refractivity contribution in [1.82, 2.24) is 10.3 Å². The SMILES string of the molecule is CNC(C)(C)c1c[nH]c2cccc(O)c12. The molecule has 1 aromatic carbocycles. The van der Waals surface area contributed by atoms with E-state index >= 15 is 0 Å². The third kappa shape index (κ3) is 1.49. The molecule has 1 heterocycles. The summed E-state index contributed by atoms with van der Waals surface area (Å²) in [4.78, 5) is 3.17. The van der Waals surface area contributed by atoms with Crippen LogP contribution in [0, 0.1) is 0 Å². The number of aromatic hydroxyl groups is 1. The minimum atomic E-state index is -0.156. The zero-order chi connectivity index (χ0) is 11.1. The van der Waals surface area contributed by atoms with Crippen LogP contribution in [0.5, 0.6) is 5.75 Å². The van der Waals surface area contributed by atoms with Crippen LogP contribution in [0.2, 0.25) is 0 Å². The van der Waals surface area contributed by atoms with Gasteiger partial charge in [-0.2, -0.15) is 0 Å². The molecular weight excluding hydrogens is 188 g/mol. The fourth-order valence-electron chi connectivity index (χ4n) is 1.79. The van der Waals surface area contributed by atoms with E-state index in [0.29, 0.717) is 5.75 Å². The smallest absolute Gasteiger partial charge is 0.125 e. The Hall–Kier alpha value is -1.48. The molecule has 0 fully saturated rings. The highest BCUT2D eigenvalue weighted by atomic mass is 16.3. The molecule has 3 heteroatoms. The summed E-state index contributed by atoms with van der Waals surface area (Å²) in [5.74, 6) is 0.326. The van der Waals surface area contributed by atoms with E-state index in [1.807, 2.05) is 25.4 Å². The molecule has 0 bridgehead atoms. The van der Waals surface area contributed by atoms with Gasteiger partial charge in [0.05, 0.1) is 0 Å². The maximum absolute atomic E-state index is 9.85. The molecule has 0 atom stereocenters. The Morgan fingerprint density at radius 3 is 2.73 bits per heavy atom. The number of hydrogen-bond donors (Lipinski definition) is 3. The van der Waals surface area contributed by atoms with E-state index in [9.17, 15) is 5.11 Å². The van der Waals surface area contributed by atoms with Gasteiger partial charge < -0.3 is 15.4 Å². The van der Waals surface area contributed by atoms with E-state index in [-0.39, 0.29) is 5.54 Å². The topological polar surface area (TPSA) is 48.0 Å². The lowest BCUT2D eigenvalue weighted by atomic mass is 9.94. The summed E-state index contributed by atoms with van der Waals surface area (Å²) < 4.78 is 0. The van der Waals surface area contributed by atoms with Crippen LogP contribution in [-0.2, 0) is 5.54 Å². The summed E-state index contributed by atoms with van der Waals surface area (Å²) in [5, 5.41) is 14.0. The molecule has 80 valence electrons. The van der Waals surface area contributed by atoms with Crippen LogP contribution in [0.15, 0.2) is 24.4 Å². The van der Waals surface area contributed by atoms with Crippen LogP contribution < -0.4 is 5.32 Å². The minimum Gasteiger partial charge on any atom is -0.507 e. The van der Waals surface area contributed by atoms with Crippen LogP contribution in [0.25, 0.3) is 10.9 Å². The van der Waals surface area contributed by atoms with Gasteiger partial charge in [-0.15, -0.1) is 0 Å². The van der Waals surface area contributed by atoms with E-state index in [1.54, 1.807) is 6.07 Å². The molecule has 0 aliphatic carbocycles. The maximum Gasteiger partial charge on any atom is 0.125 e. The normalized spacial score (nSPS) is 12.2. The molecule has 1 aromatic heterocycles. The van der Waals surface area contributed by atoms with Gasteiger partial charge in [0.25, 0.3) is 0 Å². The zero-order valence-corrected chi connectivity index (χ0v) is 9.26. The number of H-pyrrole nitrogens is 1. The molecule has 0 radical (unpaired) electrons. The monoisotopic (exact) mass is 204 g/mol. The Balaban J connectivity index is 2.73. The molecule has 0 aliphatic heterocycles. The Morgan fingerprint density at radius 1 is 1.33 bits per heavy atom. The van der Waals surface area contributed by atoms with Crippen LogP contribution in [0.3, 0.4) is 0 Å². The molecule has 0 aliphatic rings. The third-order valence-corrected chi connectivity index (χ3v) is 2.98. The summed E-state index contributed by atoms with van der Waals surface area (Å²) in [6.45, 7) is 4.17. The fraction of sp³-hybridized carbons (Fsp3) is 0.333. The van der Waals surface area contributed by atoms with E-state index in [0.717, 1.165) is 16.5 Å². The number of nitrogens with one attached hydrogen (secondary N) is 2. The summed E-state index contributed by atoms with van der Waals surface area (Å²) in [7, 11) is 1.92. The maximum atomic E-state index is 9.85. The predicted molar refractivity (Wildman–Crippen MR) is 62.0 cm³/mol. The summed E-state index contributed by atoms with van der Waals surface area (Å²) in [6.07, 6.45) is 1.95. The number of fused-ring (bicyclic) bond motifs is 1. The zero-order valence-electron chi connectivity index (χ0n) is 9.26. The molecule has 0 saturated heterocycles. The van der Waals surface area contributed by atoms with Crippen molar-refractivity contribution in [1.29, 1.82) is 0 Å². The summed E-state index contributed by atoms with van der Waals surface area (Å²) in [5.41, 5.74) is 1.89. The van der Waals surface area contributed by atoms with Gasteiger partial charge in [-0.3, -0.25) is 0 Å². The summed E-state index contributed by atoms with van der Waals surface area (Å²) >= 11 is 0. The first-order valence-electron chi connectivity index (χ1n) is 5.04. The van der Waals surface area contributed by atoms with Crippen molar-refractivity contribution in [2.75, 3.05) is 7.05 Å². The van der Waals surface area contributed by atoms with Crippen LogP contribution >= 0.6 is 0 Å². The number of aromatic nitrogens is 1. The number of phenolic OH excluding ortho intramolecular Hbond substituents is 1. The predicted octanol–water partition coefficient (Wildman–Crippen LogP) is 2.33. The average molecular weight is 204 g/mol. The van der Waals surface area contributed by atoms with Crippen molar-refractivity contribution in [3.05, 3.63) is 30.0 Å². The van der Waals surface area contributed by atoms with E-state index in [1.165, 1.54) is 0 Å². The highest BCUT2D eigenvalue weighted by Crippen LogP contribution is 2.33. The number of phenols is 1. The Morgan fingerprint density at radius 2 is 2.07 bits per heavy atom. The highest BCUT2D eigenvalue weighted by Gasteiger charge is 2.22. The van der Waals surface area contributed by atoms with Crippen molar-refractivity contribution in [3.63, 3.8) is 0 Å². The largest absolute Gasteiger partial charge is 0.507 e. The molecule has 2 rings (SSSR count). The van der Waals surface area contributed by atoms with Crippen LogP contribution in [0.4, 0.5) is 0 Å². The van der Waals surface area contributed by atoms with Crippen molar-refractivity contribution in [2.24, 2.45) is 0 Å². The van der Waals surface area contributed by atoms with Gasteiger partial charge >= 0.3 is 0 Å². The fourth-order valence-corrected chi connectivity index (χ4v) is 1.79. The minimum absolute atomic E-state index is 0.156. The second-order valence-corrected chi connectivity index (χ2v) is 4.28. The second-order valence-electron chi connectivity index (χ2n) is 4.28. The summed E-state index contributed by atoms with van der Waals surface area (Å²) in [6, 6.07) is 5.51. The lowest BCUT2D eigenvalue weighted by Crippen LogP contribution is -2.32. The molecule has 15 heavy (non-hydrogen) atoms. The van der Waals surface area contributed by atoms with Gasteiger partial charge in [0.15, 0.2) is 0 Å². The molecule has 3 nitrogen and oxygen atoms in total. The molecule has 0 spiro atoms. The lowest BCUT2D eigenvalue weighted by Gasteiger charge is -2.23. The molecule has 0 unspecified atom stereocenters. The van der Waals surface area contributed by atoms with Gasteiger partial charge in [0, 0.05) is 28.2 Å². The Bertz CT molecular complexity index is 485. The first-order chi connectivity index (χ1) is 7.06. The number of benzene rings is 1. The number of hydrogen-bond acceptors (Lipinski definition) is 2. The standard InChI is InChI=1S/C12H16N2O/c1-12(2,13-3)8-7-14-9-5-4-6-10(15)11(8)9/h4-7,13-15H,1-3H3. The lowest BCUT2D eigenvalue weighted by molar-refractivity contribution is 0.443. The van der Waals surface area contributed by atoms with Crippen molar-refractivity contribution < 1.29 is 5.11 Å². The van der Waals surface area contributed by atoms with Gasteiger partial charge in [-0.1, -0.05) is 6.07 Å². The van der Waals surface area contributed by atoms with Gasteiger partial charge in [0.1, 0.15) is 5.75 Å². The Kier molecular flexibility index (Phi) is 2.20. The van der Waals surface area contributed by atoms with E-state index in [2.05, 4.69) is 24.1 Å². The highest BCUT2D eigenvalue weighted by molar-refractivity contribution is 5.89. The van der Waals surface area contributed by atoms with Gasteiger partial charge in [0.2, 0.25) is 0 Å². The van der Waals surface area contributed by atoms with E-state index < -0.39 is 0 Å². The van der Waals surface area contributed by atoms with Crippen LogP contribution in [-0.4, -0.2) is 17.1 Å². The number of rotatable bonds is 2. The second kappa shape index (κ2) is 3.28. The van der Waals surface area contributed by atoms with Crippen molar-refractivity contribution in [3.8, 4) is 5.75 Å². The van der Waals surface area contributed by atoms with Crippen molar-refractivity contribution >= 4 is 10.9 Å². The van der Waals surface area contributed by atoms with Gasteiger partial charge in [-0.25, -0.2) is 0 Å². The Labute approximate surface area is 89.1 Å². The number of aromatic amines is 1. The first-order valence-corrected chi connectivity index (χ1v) is 5.04. The molecule has 0 saturated carbocycles. The molecule has 2 aromatic rings. The van der Waals surface area contributed by atoms with E-state index in [4.69, 9.17) is 0 Å². The van der Waals surface area contributed by atoms with Crippen LogP contribution in [0.1, 0.15) is 19.4 Å². The molecule has 3 N–H and O–H groups in total. The molecule has 0 amide bonds. The first kappa shape index (κ1) is 10.1.